The van der Waals surface area contributed by atoms with Gasteiger partial charge in [-0.25, -0.2) is 0 Å². The lowest BCUT2D eigenvalue weighted by Gasteiger charge is -2.30. The maximum atomic E-state index is 13.4. The molecule has 3 amide bonds. The average molecular weight is 580 g/mol. The van der Waals surface area contributed by atoms with Crippen LogP contribution in [0.15, 0.2) is 78.9 Å². The highest BCUT2D eigenvalue weighted by Crippen LogP contribution is 2.27. The van der Waals surface area contributed by atoms with Crippen LogP contribution in [-0.2, 0) is 27.3 Å². The SMILES string of the molecule is Cc1ccc(CNC(=O)[C@H](CCc2ccccc2)NC(=O)[C@@H](NC(=O)C(C)(C)Oc2ccccc2Cl)[C@@H](C)O)cc1. The first-order chi connectivity index (χ1) is 19.5. The Morgan fingerprint density at radius 1 is 0.878 bits per heavy atom. The summed E-state index contributed by atoms with van der Waals surface area (Å²) in [5, 5.41) is 19.0. The van der Waals surface area contributed by atoms with Gasteiger partial charge in [-0.15, -0.1) is 0 Å². The largest absolute Gasteiger partial charge is 0.476 e. The summed E-state index contributed by atoms with van der Waals surface area (Å²) in [5.74, 6) is -1.39. The number of hydrogen-bond acceptors (Lipinski definition) is 5. The van der Waals surface area contributed by atoms with E-state index >= 15 is 0 Å². The molecule has 4 N–H and O–H groups in total. The summed E-state index contributed by atoms with van der Waals surface area (Å²) in [6, 6.07) is 21.9. The number of aliphatic hydroxyl groups excluding tert-OH is 1. The molecule has 0 radical (unpaired) electrons. The highest BCUT2D eigenvalue weighted by atomic mass is 35.5. The van der Waals surface area contributed by atoms with Gasteiger partial charge in [0.05, 0.1) is 11.1 Å². The molecule has 0 saturated heterocycles. The van der Waals surface area contributed by atoms with Crippen molar-refractivity contribution in [3.05, 3.63) is 101 Å². The summed E-state index contributed by atoms with van der Waals surface area (Å²) >= 11 is 6.18. The van der Waals surface area contributed by atoms with Crippen molar-refractivity contribution in [2.24, 2.45) is 0 Å². The second-order valence-electron chi connectivity index (χ2n) is 10.5. The monoisotopic (exact) mass is 579 g/mol. The van der Waals surface area contributed by atoms with E-state index in [-0.39, 0.29) is 5.91 Å². The molecule has 0 aliphatic heterocycles. The number of ether oxygens (including phenoxy) is 1. The van der Waals surface area contributed by atoms with Gasteiger partial charge in [0, 0.05) is 6.54 Å². The van der Waals surface area contributed by atoms with Crippen molar-refractivity contribution >= 4 is 29.3 Å². The Kier molecular flexibility index (Phi) is 11.3. The third-order valence-electron chi connectivity index (χ3n) is 6.58. The molecule has 8 nitrogen and oxygen atoms in total. The van der Waals surface area contributed by atoms with Crippen LogP contribution in [0.4, 0.5) is 0 Å². The molecule has 0 saturated carbocycles. The second kappa shape index (κ2) is 14.7. The van der Waals surface area contributed by atoms with E-state index < -0.39 is 35.6 Å². The Hall–Kier alpha value is -3.88. The van der Waals surface area contributed by atoms with E-state index in [1.807, 2.05) is 61.5 Å². The minimum atomic E-state index is -1.42. The Morgan fingerprint density at radius 3 is 2.15 bits per heavy atom. The quantitative estimate of drug-likeness (QED) is 0.243. The number of halogens is 1. The number of carbonyl (C=O) groups is 3. The van der Waals surface area contributed by atoms with Crippen LogP contribution in [0.2, 0.25) is 5.02 Å². The van der Waals surface area contributed by atoms with Crippen LogP contribution in [0.3, 0.4) is 0 Å². The topological polar surface area (TPSA) is 117 Å². The lowest BCUT2D eigenvalue weighted by Crippen LogP contribution is -2.60. The first-order valence-corrected chi connectivity index (χ1v) is 13.9. The van der Waals surface area contributed by atoms with Gasteiger partial charge >= 0.3 is 0 Å². The van der Waals surface area contributed by atoms with Gasteiger partial charge in [0.1, 0.15) is 17.8 Å². The van der Waals surface area contributed by atoms with Gasteiger partial charge in [-0.1, -0.05) is 83.9 Å². The Balaban J connectivity index is 1.71. The smallest absolute Gasteiger partial charge is 0.264 e. The third-order valence-corrected chi connectivity index (χ3v) is 6.90. The van der Waals surface area contributed by atoms with Crippen molar-refractivity contribution in [2.45, 2.75) is 70.9 Å². The Labute approximate surface area is 246 Å². The molecular weight excluding hydrogens is 542 g/mol. The molecule has 0 fully saturated rings. The highest BCUT2D eigenvalue weighted by Gasteiger charge is 2.36. The summed E-state index contributed by atoms with van der Waals surface area (Å²) in [6.45, 7) is 6.73. The summed E-state index contributed by atoms with van der Waals surface area (Å²) < 4.78 is 5.82. The van der Waals surface area contributed by atoms with Gasteiger partial charge in [-0.05, 0) is 63.8 Å². The number of benzene rings is 3. The summed E-state index contributed by atoms with van der Waals surface area (Å²) in [4.78, 5) is 39.8. The van der Waals surface area contributed by atoms with Crippen molar-refractivity contribution < 1.29 is 24.2 Å². The zero-order valence-corrected chi connectivity index (χ0v) is 24.6. The fraction of sp³-hybridized carbons (Fsp3) is 0.344. The molecule has 0 heterocycles. The van der Waals surface area contributed by atoms with Crippen LogP contribution < -0.4 is 20.7 Å². The molecule has 3 aromatic carbocycles. The number of carbonyl (C=O) groups excluding carboxylic acids is 3. The minimum absolute atomic E-state index is 0.293. The number of hydrogen-bond donors (Lipinski definition) is 4. The van der Waals surface area contributed by atoms with E-state index in [0.29, 0.717) is 30.2 Å². The number of para-hydroxylation sites is 1. The van der Waals surface area contributed by atoms with E-state index in [4.69, 9.17) is 16.3 Å². The van der Waals surface area contributed by atoms with E-state index in [1.54, 1.807) is 24.3 Å². The lowest BCUT2D eigenvalue weighted by molar-refractivity contribution is -0.140. The Morgan fingerprint density at radius 2 is 1.51 bits per heavy atom. The standard InChI is InChI=1S/C32H38ClN3O5/c1-21-14-16-24(17-15-21)20-34-29(38)26(19-18-23-10-6-5-7-11-23)35-30(39)28(22(2)37)36-31(40)32(3,4)41-27-13-9-8-12-25(27)33/h5-17,22,26,28,37H,18-20H2,1-4H3,(H,34,38)(H,35,39)(H,36,40)/t22-,26+,28+/m1/s1. The molecule has 0 aliphatic carbocycles. The zero-order valence-electron chi connectivity index (χ0n) is 23.8. The molecule has 0 spiro atoms. The lowest BCUT2D eigenvalue weighted by atomic mass is 10.0. The number of amides is 3. The molecule has 3 rings (SSSR count). The summed E-state index contributed by atoms with van der Waals surface area (Å²) in [7, 11) is 0. The van der Waals surface area contributed by atoms with E-state index in [9.17, 15) is 19.5 Å². The number of rotatable bonds is 13. The van der Waals surface area contributed by atoms with Gasteiger partial charge < -0.3 is 25.8 Å². The van der Waals surface area contributed by atoms with Crippen molar-refractivity contribution in [1.29, 1.82) is 0 Å². The van der Waals surface area contributed by atoms with Crippen LogP contribution in [-0.4, -0.2) is 46.6 Å². The van der Waals surface area contributed by atoms with Crippen molar-refractivity contribution in [2.75, 3.05) is 0 Å². The maximum absolute atomic E-state index is 13.4. The predicted octanol–water partition coefficient (Wildman–Crippen LogP) is 4.11. The van der Waals surface area contributed by atoms with Crippen molar-refractivity contribution in [1.82, 2.24) is 16.0 Å². The first-order valence-electron chi connectivity index (χ1n) is 13.6. The van der Waals surface area contributed by atoms with E-state index in [1.165, 1.54) is 20.8 Å². The first kappa shape index (κ1) is 31.6. The predicted molar refractivity (Wildman–Crippen MR) is 159 cm³/mol. The number of nitrogens with one attached hydrogen (secondary N) is 3. The molecule has 9 heteroatoms. The molecular formula is C32H38ClN3O5. The summed E-state index contributed by atoms with van der Waals surface area (Å²) in [6.07, 6.45) is -0.397. The van der Waals surface area contributed by atoms with Crippen molar-refractivity contribution in [3.63, 3.8) is 0 Å². The molecule has 0 unspecified atom stereocenters. The van der Waals surface area contributed by atoms with Crippen LogP contribution >= 0.6 is 11.6 Å². The van der Waals surface area contributed by atoms with Gasteiger partial charge in [-0.3, -0.25) is 14.4 Å². The number of aryl methyl sites for hydroxylation is 2. The molecule has 0 aliphatic rings. The number of aliphatic hydroxyl groups is 1. The van der Waals surface area contributed by atoms with Crippen LogP contribution in [0.5, 0.6) is 5.75 Å². The minimum Gasteiger partial charge on any atom is -0.476 e. The normalized spacial score (nSPS) is 13.4. The van der Waals surface area contributed by atoms with Crippen molar-refractivity contribution in [3.8, 4) is 5.75 Å². The van der Waals surface area contributed by atoms with Gasteiger partial charge in [0.15, 0.2) is 5.60 Å². The Bertz CT molecular complexity index is 1310. The van der Waals surface area contributed by atoms with E-state index in [0.717, 1.165) is 16.7 Å². The van der Waals surface area contributed by atoms with Gasteiger partial charge in [0.2, 0.25) is 11.8 Å². The zero-order chi connectivity index (χ0) is 30.0. The second-order valence-corrected chi connectivity index (χ2v) is 10.9. The van der Waals surface area contributed by atoms with Gasteiger partial charge in [-0.2, -0.15) is 0 Å². The fourth-order valence-electron chi connectivity index (χ4n) is 4.07. The average Bonchev–Trinajstić information content (AvgIpc) is 2.94. The molecule has 0 bridgehead atoms. The van der Waals surface area contributed by atoms with Crippen LogP contribution in [0, 0.1) is 6.92 Å². The fourth-order valence-corrected chi connectivity index (χ4v) is 4.25. The molecule has 218 valence electrons. The highest BCUT2D eigenvalue weighted by molar-refractivity contribution is 6.32. The summed E-state index contributed by atoms with van der Waals surface area (Å²) in [5.41, 5.74) is 1.62. The van der Waals surface area contributed by atoms with E-state index in [2.05, 4.69) is 16.0 Å². The van der Waals surface area contributed by atoms with Crippen LogP contribution in [0.1, 0.15) is 43.9 Å². The molecule has 0 aromatic heterocycles. The third kappa shape index (κ3) is 9.62. The molecule has 3 atom stereocenters. The van der Waals surface area contributed by atoms with Gasteiger partial charge in [0.25, 0.3) is 5.91 Å². The molecule has 41 heavy (non-hydrogen) atoms. The van der Waals surface area contributed by atoms with Crippen LogP contribution in [0.25, 0.3) is 0 Å². The maximum Gasteiger partial charge on any atom is 0.264 e. The molecule has 3 aromatic rings.